The Hall–Kier alpha value is -4.25. The molecule has 1 heterocycles. The molecule has 0 spiro atoms. The van der Waals surface area contributed by atoms with Gasteiger partial charge < -0.3 is 5.11 Å². The van der Waals surface area contributed by atoms with E-state index < -0.39 is 0 Å². The molecule has 5 nitrogen and oxygen atoms in total. The maximum atomic E-state index is 12.4. The van der Waals surface area contributed by atoms with Gasteiger partial charge in [-0.15, -0.1) is 5.11 Å². The van der Waals surface area contributed by atoms with Gasteiger partial charge in [0.05, 0.1) is 16.9 Å². The fourth-order valence-electron chi connectivity index (χ4n) is 3.91. The first-order valence-corrected chi connectivity index (χ1v) is 9.97. The van der Waals surface area contributed by atoms with Crippen molar-refractivity contribution in [2.45, 2.75) is 6.92 Å². The van der Waals surface area contributed by atoms with Gasteiger partial charge in [-0.3, -0.25) is 9.36 Å². The molecular weight excluding hydrogens is 386 g/mol. The van der Waals surface area contributed by atoms with Crippen molar-refractivity contribution in [2.24, 2.45) is 10.2 Å². The molecule has 1 N–H and O–H groups in total. The van der Waals surface area contributed by atoms with Crippen molar-refractivity contribution in [3.05, 3.63) is 96.6 Å². The number of ketones is 1. The highest BCUT2D eigenvalue weighted by Gasteiger charge is 2.26. The number of pyridine rings is 1. The summed E-state index contributed by atoms with van der Waals surface area (Å²) in [6.45, 7) is 1.45. The summed E-state index contributed by atoms with van der Waals surface area (Å²) >= 11 is 0. The standard InChI is InChI=1S/C26H19N3O2/c1-17(30)22-16-23-24(28-27-18-10-4-2-5-11-18)20-14-8-9-15-21(20)25(23)29(26(22)31)19-12-6-3-7-13-19/h2-16,31H,1H3. The van der Waals surface area contributed by atoms with E-state index in [1.807, 2.05) is 84.9 Å². The SMILES string of the molecule is CC(=O)c1cc2c(N=Nc3ccccc3)c3ccccc3c-2n(-c2ccccc2)c1O. The van der Waals surface area contributed by atoms with Gasteiger partial charge in [0, 0.05) is 22.0 Å². The first kappa shape index (κ1) is 18.8. The zero-order chi connectivity index (χ0) is 21.4. The lowest BCUT2D eigenvalue weighted by molar-refractivity contribution is 0.101. The number of aromatic nitrogens is 1. The number of rotatable bonds is 4. The maximum absolute atomic E-state index is 12.4. The van der Waals surface area contributed by atoms with Crippen LogP contribution in [0.3, 0.4) is 0 Å². The summed E-state index contributed by atoms with van der Waals surface area (Å²) in [5.74, 6) is -0.311. The van der Waals surface area contributed by atoms with Crippen LogP contribution in [-0.2, 0) is 0 Å². The number of azo groups is 1. The molecule has 0 saturated carbocycles. The average molecular weight is 405 g/mol. The monoisotopic (exact) mass is 405 g/mol. The van der Waals surface area contributed by atoms with Crippen molar-refractivity contribution >= 4 is 27.9 Å². The summed E-state index contributed by atoms with van der Waals surface area (Å²) in [5.41, 5.74) is 3.95. The Labute approximate surface area is 179 Å². The Morgan fingerprint density at radius 3 is 2.10 bits per heavy atom. The van der Waals surface area contributed by atoms with Crippen LogP contribution in [0.15, 0.2) is 101 Å². The summed E-state index contributed by atoms with van der Waals surface area (Å²) in [6.07, 6.45) is 0. The highest BCUT2D eigenvalue weighted by atomic mass is 16.3. The largest absolute Gasteiger partial charge is 0.494 e. The number of hydrogen-bond donors (Lipinski definition) is 1. The van der Waals surface area contributed by atoms with Crippen molar-refractivity contribution in [2.75, 3.05) is 0 Å². The third-order valence-corrected chi connectivity index (χ3v) is 5.33. The number of benzene rings is 3. The number of hydrogen-bond acceptors (Lipinski definition) is 4. The third kappa shape index (κ3) is 3.16. The van der Waals surface area contributed by atoms with Crippen LogP contribution in [-0.4, -0.2) is 15.5 Å². The van der Waals surface area contributed by atoms with E-state index >= 15 is 0 Å². The van der Waals surface area contributed by atoms with Crippen LogP contribution in [0.4, 0.5) is 11.4 Å². The molecule has 0 bridgehead atoms. The van der Waals surface area contributed by atoms with E-state index in [0.29, 0.717) is 5.69 Å². The van der Waals surface area contributed by atoms with Crippen molar-refractivity contribution in [3.63, 3.8) is 0 Å². The summed E-state index contributed by atoms with van der Waals surface area (Å²) in [7, 11) is 0. The topological polar surface area (TPSA) is 67.0 Å². The molecule has 31 heavy (non-hydrogen) atoms. The number of Topliss-reactive ketones (excluding diaryl/α,β-unsaturated/α-hetero) is 1. The second-order valence-corrected chi connectivity index (χ2v) is 7.30. The number of nitrogens with zero attached hydrogens (tertiary/aromatic N) is 3. The maximum Gasteiger partial charge on any atom is 0.207 e. The molecule has 0 radical (unpaired) electrons. The molecule has 0 fully saturated rings. The van der Waals surface area contributed by atoms with E-state index in [-0.39, 0.29) is 17.2 Å². The Bertz CT molecular complexity index is 1400. The fourth-order valence-corrected chi connectivity index (χ4v) is 3.91. The van der Waals surface area contributed by atoms with Gasteiger partial charge in [-0.25, -0.2) is 0 Å². The van der Waals surface area contributed by atoms with Gasteiger partial charge in [-0.1, -0.05) is 60.7 Å². The van der Waals surface area contributed by atoms with Crippen molar-refractivity contribution in [1.82, 2.24) is 4.57 Å². The predicted molar refractivity (Wildman–Crippen MR) is 122 cm³/mol. The van der Waals surface area contributed by atoms with E-state index in [1.165, 1.54) is 6.92 Å². The van der Waals surface area contributed by atoms with E-state index in [9.17, 15) is 9.90 Å². The van der Waals surface area contributed by atoms with Crippen molar-refractivity contribution in [1.29, 1.82) is 0 Å². The lowest BCUT2D eigenvalue weighted by atomic mass is 10.1. The van der Waals surface area contributed by atoms with Gasteiger partial charge >= 0.3 is 0 Å². The second kappa shape index (κ2) is 7.54. The zero-order valence-corrected chi connectivity index (χ0v) is 16.9. The van der Waals surface area contributed by atoms with Gasteiger partial charge in [0.1, 0.15) is 5.69 Å². The lowest BCUT2D eigenvalue weighted by Crippen LogP contribution is -2.06. The minimum absolute atomic E-state index is 0.0894. The molecule has 0 atom stereocenters. The molecule has 1 aliphatic heterocycles. The fraction of sp³-hybridized carbons (Fsp3) is 0.0385. The molecule has 2 aliphatic rings. The first-order valence-electron chi connectivity index (χ1n) is 9.97. The van der Waals surface area contributed by atoms with E-state index in [1.54, 1.807) is 10.6 Å². The van der Waals surface area contributed by atoms with Gasteiger partial charge in [-0.2, -0.15) is 5.11 Å². The molecule has 5 rings (SSSR count). The minimum atomic E-state index is -0.222. The smallest absolute Gasteiger partial charge is 0.207 e. The quantitative estimate of drug-likeness (QED) is 0.257. The van der Waals surface area contributed by atoms with Crippen LogP contribution in [0.25, 0.3) is 27.7 Å². The van der Waals surface area contributed by atoms with Crippen molar-refractivity contribution < 1.29 is 9.90 Å². The zero-order valence-electron chi connectivity index (χ0n) is 16.9. The van der Waals surface area contributed by atoms with Crippen LogP contribution >= 0.6 is 0 Å². The Kier molecular flexibility index (Phi) is 4.56. The third-order valence-electron chi connectivity index (χ3n) is 5.33. The Balaban J connectivity index is 1.87. The van der Waals surface area contributed by atoms with Crippen LogP contribution in [0.2, 0.25) is 0 Å². The van der Waals surface area contributed by atoms with E-state index in [4.69, 9.17) is 0 Å². The molecular formula is C26H19N3O2. The number of para-hydroxylation sites is 1. The van der Waals surface area contributed by atoms with Crippen LogP contribution in [0.1, 0.15) is 17.3 Å². The normalized spacial score (nSPS) is 11.5. The lowest BCUT2D eigenvalue weighted by Gasteiger charge is -2.18. The molecule has 0 aromatic heterocycles. The first-order chi connectivity index (χ1) is 15.1. The second-order valence-electron chi connectivity index (χ2n) is 7.30. The Morgan fingerprint density at radius 1 is 0.806 bits per heavy atom. The van der Waals surface area contributed by atoms with E-state index in [0.717, 1.165) is 33.4 Å². The van der Waals surface area contributed by atoms with Crippen LogP contribution < -0.4 is 0 Å². The number of aromatic hydroxyl groups is 1. The molecule has 3 aromatic carbocycles. The molecule has 0 unspecified atom stereocenters. The molecule has 3 aromatic rings. The molecule has 0 amide bonds. The highest BCUT2D eigenvalue weighted by Crippen LogP contribution is 2.48. The van der Waals surface area contributed by atoms with Crippen LogP contribution in [0.5, 0.6) is 5.88 Å². The van der Waals surface area contributed by atoms with Crippen molar-refractivity contribution in [3.8, 4) is 22.8 Å². The van der Waals surface area contributed by atoms with Gasteiger partial charge in [-0.05, 0) is 37.3 Å². The van der Waals surface area contributed by atoms with Gasteiger partial charge in [0.15, 0.2) is 5.78 Å². The molecule has 150 valence electrons. The number of carbonyl (C=O) groups is 1. The highest BCUT2D eigenvalue weighted by molar-refractivity contribution is 6.13. The minimum Gasteiger partial charge on any atom is -0.494 e. The van der Waals surface area contributed by atoms with E-state index in [2.05, 4.69) is 10.2 Å². The predicted octanol–water partition coefficient (Wildman–Crippen LogP) is 7.06. The number of fused-ring (bicyclic) bond motifs is 3. The summed E-state index contributed by atoms with van der Waals surface area (Å²) in [4.78, 5) is 12.4. The van der Waals surface area contributed by atoms with Gasteiger partial charge in [0.2, 0.25) is 5.88 Å². The molecule has 1 aliphatic carbocycles. The van der Waals surface area contributed by atoms with Gasteiger partial charge in [0.25, 0.3) is 0 Å². The summed E-state index contributed by atoms with van der Waals surface area (Å²) < 4.78 is 1.72. The number of carbonyl (C=O) groups excluding carboxylic acids is 1. The Morgan fingerprint density at radius 2 is 1.42 bits per heavy atom. The summed E-state index contributed by atoms with van der Waals surface area (Å²) in [5, 5.41) is 21.9. The summed E-state index contributed by atoms with van der Waals surface area (Å²) in [6, 6.07) is 28.6. The molecule has 5 heteroatoms. The molecule has 0 saturated heterocycles. The average Bonchev–Trinajstić information content (AvgIpc) is 3.11. The van der Waals surface area contributed by atoms with Crippen LogP contribution in [0, 0.1) is 0 Å².